The van der Waals surface area contributed by atoms with Gasteiger partial charge in [-0.25, -0.2) is 0 Å². The number of fused-ring (bicyclic) bond motifs is 20. The van der Waals surface area contributed by atoms with Gasteiger partial charge < -0.3 is 37.9 Å². The van der Waals surface area contributed by atoms with Gasteiger partial charge in [0.25, 0.3) is 0 Å². The maximum absolute atomic E-state index is 7.04. The fourth-order valence-electron chi connectivity index (χ4n) is 17.5. The molecule has 8 aromatic heterocycles. The molecule has 5 saturated heterocycles. The number of nitrogens with zero attached hydrogens (tertiary/aromatic N) is 8. The van der Waals surface area contributed by atoms with Crippen molar-refractivity contribution in [2.24, 2.45) is 47.3 Å². The van der Waals surface area contributed by atoms with Gasteiger partial charge in [-0.1, -0.05) is 0 Å². The summed E-state index contributed by atoms with van der Waals surface area (Å²) in [7, 11) is 0. The van der Waals surface area contributed by atoms with Crippen molar-refractivity contribution in [2.45, 2.75) is 150 Å². The van der Waals surface area contributed by atoms with E-state index in [1.807, 2.05) is 97.1 Å². The van der Waals surface area contributed by atoms with Gasteiger partial charge in [-0.15, -0.1) is 0 Å². The van der Waals surface area contributed by atoms with Crippen molar-refractivity contribution >= 4 is 0 Å². The van der Waals surface area contributed by atoms with E-state index in [9.17, 15) is 0 Å². The van der Waals surface area contributed by atoms with E-state index >= 15 is 0 Å². The third kappa shape index (κ3) is 13.9. The molecule has 8 bridgehead atoms. The fraction of sp³-hybridized carbons (Fsp3) is 0.444. The van der Waals surface area contributed by atoms with Gasteiger partial charge in [0.1, 0.15) is 94.8 Å². The maximum Gasteiger partial charge on any atom is 2.00 e. The molecule has 9 fully saturated rings. The van der Waals surface area contributed by atoms with Crippen molar-refractivity contribution in [1.82, 2.24) is 82.4 Å². The van der Waals surface area contributed by atoms with Crippen molar-refractivity contribution in [1.29, 1.82) is 0 Å². The van der Waals surface area contributed by atoms with E-state index in [2.05, 4.69) is 82.4 Å². The van der Waals surface area contributed by atoms with Crippen molar-refractivity contribution in [3.8, 4) is 46.0 Å². The van der Waals surface area contributed by atoms with Gasteiger partial charge in [-0.05, 0) is 196 Å². The zero-order valence-electron chi connectivity index (χ0n) is 53.5. The Morgan fingerprint density at radius 1 is 0.206 bits per heavy atom. The number of hydrogen-bond donors (Lipinski definition) is 8. The molecule has 17 rings (SSSR count). The van der Waals surface area contributed by atoms with Gasteiger partial charge >= 0.3 is 19.5 Å². The first kappa shape index (κ1) is 63.6. The Labute approximate surface area is 575 Å². The molecule has 25 heteroatoms. The van der Waals surface area contributed by atoms with Crippen LogP contribution in [0.25, 0.3) is 0 Å². The van der Waals surface area contributed by atoms with Crippen LogP contribution in [-0.2, 0) is 19.5 Å². The first-order chi connectivity index (χ1) is 47.5. The van der Waals surface area contributed by atoms with E-state index in [-0.39, 0.29) is 165 Å². The SMILES string of the molecule is [Zn+2].c1cncc(OC2CC3C4NC(NC5NC(NC6NC(NC7NC(N4)C4CC(Oc8cccnc8)C(Oc8cccnc8)CC74)C4CC(Oc7cccnc7)C(Oc7cccnc7)CC64)C4CC(Oc6cccnc6)C(Oc6cccnc6)CC54)C3CC2Oc2cccnc2)c1. The number of rotatable bonds is 16. The first-order valence-electron chi connectivity index (χ1n) is 34.1. The van der Waals surface area contributed by atoms with Crippen LogP contribution in [0.2, 0.25) is 0 Å². The second-order valence-corrected chi connectivity index (χ2v) is 27.1. The minimum Gasteiger partial charge on any atom is -0.485 e. The van der Waals surface area contributed by atoms with Crippen molar-refractivity contribution in [3.05, 3.63) is 196 Å². The van der Waals surface area contributed by atoms with E-state index in [4.69, 9.17) is 37.9 Å². The summed E-state index contributed by atoms with van der Waals surface area (Å²) in [6.07, 6.45) is 29.6. The second-order valence-electron chi connectivity index (χ2n) is 27.1. The van der Waals surface area contributed by atoms with Gasteiger partial charge in [-0.3, -0.25) is 82.4 Å². The van der Waals surface area contributed by atoms with Crippen LogP contribution in [-0.4, -0.2) is 138 Å². The van der Waals surface area contributed by atoms with Crippen molar-refractivity contribution < 1.29 is 57.4 Å². The van der Waals surface area contributed by atoms with Gasteiger partial charge in [0.15, 0.2) is 0 Å². The average molecular weight is 1360 g/mol. The summed E-state index contributed by atoms with van der Waals surface area (Å²) >= 11 is 0. The number of nitrogens with one attached hydrogen (secondary N) is 8. The zero-order chi connectivity index (χ0) is 63.7. The zero-order valence-corrected chi connectivity index (χ0v) is 56.5. The Morgan fingerprint density at radius 2 is 0.330 bits per heavy atom. The predicted molar refractivity (Wildman–Crippen MR) is 349 cm³/mol. The molecule has 4 saturated carbocycles. The molecule has 0 radical (unpaired) electrons. The van der Waals surface area contributed by atoms with Gasteiger partial charge in [-0.2, -0.15) is 0 Å². The summed E-state index contributed by atoms with van der Waals surface area (Å²) in [4.78, 5) is 35.8. The fourth-order valence-corrected chi connectivity index (χ4v) is 17.5. The third-order valence-electron chi connectivity index (χ3n) is 21.6. The van der Waals surface area contributed by atoms with E-state index in [0.29, 0.717) is 97.4 Å². The predicted octanol–water partition coefficient (Wildman–Crippen LogP) is 6.22. The molecule has 9 aliphatic rings. The Balaban J connectivity index is 0.00000738. The molecule has 97 heavy (non-hydrogen) atoms. The Hall–Kier alpha value is -8.10. The molecule has 24 nitrogen and oxygen atoms in total. The number of pyridine rings is 8. The molecule has 16 unspecified atom stereocenters. The number of ether oxygens (including phenoxy) is 8. The van der Waals surface area contributed by atoms with Gasteiger partial charge in [0.05, 0.1) is 98.9 Å². The molecular weight excluding hydrogens is 1280 g/mol. The van der Waals surface area contributed by atoms with Crippen LogP contribution in [0.4, 0.5) is 0 Å². The van der Waals surface area contributed by atoms with Gasteiger partial charge in [0.2, 0.25) is 0 Å². The van der Waals surface area contributed by atoms with Crippen LogP contribution in [0.1, 0.15) is 51.4 Å². The van der Waals surface area contributed by atoms with E-state index < -0.39 is 0 Å². The Morgan fingerprint density at radius 3 is 0.433 bits per heavy atom. The standard InChI is InChI=1S/C72H80N16O8.Zn/c1-9-41(33-73-17-1)89-57-25-49-50(26-58(57)90-42-10-2-18-74-34-42)66-81-65(49)85-67-51-27-59(91-43-11-3-19-75-35-43)60(92-44-12-4-20-76-36-44)28-52(51)69(82-67)87-71-55-31-63(95-47-15-7-23-79-39-47)64(96-48-16-8-24-80-40-48)32-56(55)72(84-71)88-70-54-30-62(94-46-14-6-22-78-38-46)61(29-53(54)68(83-70)86-66)93-45-13-5-21-77-37-45;/h1-24,33-40,49-72,81-88H,25-32H2;/q;+2. The average Bonchev–Trinajstić information content (AvgIpc) is 1.61. The summed E-state index contributed by atoms with van der Waals surface area (Å²) in [6, 6.07) is 31.1. The maximum atomic E-state index is 7.04. The van der Waals surface area contributed by atoms with Crippen LogP contribution in [0.3, 0.4) is 0 Å². The molecule has 0 spiro atoms. The Bertz CT molecular complexity index is 3060. The van der Waals surface area contributed by atoms with Crippen LogP contribution in [0.5, 0.6) is 46.0 Å². The van der Waals surface area contributed by atoms with Crippen LogP contribution in [0, 0.1) is 47.3 Å². The minimum atomic E-state index is -0.334. The normalized spacial score (nSPS) is 36.1. The van der Waals surface area contributed by atoms with Crippen molar-refractivity contribution in [2.75, 3.05) is 0 Å². The molecule has 16 atom stereocenters. The molecule has 0 amide bonds. The molecule has 0 aromatic carbocycles. The van der Waals surface area contributed by atoms with Crippen LogP contribution in [0.15, 0.2) is 196 Å². The number of hydrogen-bond acceptors (Lipinski definition) is 24. The number of aromatic nitrogens is 8. The van der Waals surface area contributed by atoms with Crippen molar-refractivity contribution in [3.63, 3.8) is 0 Å². The molecule has 4 aliphatic carbocycles. The molecule has 5 aliphatic heterocycles. The third-order valence-corrected chi connectivity index (χ3v) is 21.6. The van der Waals surface area contributed by atoms with Crippen LogP contribution >= 0.6 is 0 Å². The first-order valence-corrected chi connectivity index (χ1v) is 34.1. The molecule has 8 aromatic rings. The summed E-state index contributed by atoms with van der Waals surface area (Å²) in [5.41, 5.74) is 0. The topological polar surface area (TPSA) is 273 Å². The summed E-state index contributed by atoms with van der Waals surface area (Å²) in [5, 5.41) is 34.5. The Kier molecular flexibility index (Phi) is 18.9. The molecule has 8 N–H and O–H groups in total. The molecular formula is C72H80N16O8Zn+2. The van der Waals surface area contributed by atoms with Gasteiger partial charge in [0, 0.05) is 49.6 Å². The summed E-state index contributed by atoms with van der Waals surface area (Å²) < 4.78 is 56.3. The molecule has 13 heterocycles. The summed E-state index contributed by atoms with van der Waals surface area (Å²) in [5.74, 6) is 6.00. The molecule has 496 valence electrons. The minimum absolute atomic E-state index is 0. The van der Waals surface area contributed by atoms with E-state index in [1.54, 1.807) is 99.1 Å². The largest absolute Gasteiger partial charge is 2.00 e. The van der Waals surface area contributed by atoms with E-state index in [0.717, 1.165) is 0 Å². The second kappa shape index (κ2) is 28.8. The summed E-state index contributed by atoms with van der Waals surface area (Å²) in [6.45, 7) is 0. The smallest absolute Gasteiger partial charge is 0.485 e. The quantitative estimate of drug-likeness (QED) is 0.0499. The monoisotopic (exact) mass is 1360 g/mol. The van der Waals surface area contributed by atoms with Crippen LogP contribution < -0.4 is 80.4 Å². The van der Waals surface area contributed by atoms with E-state index in [1.165, 1.54) is 0 Å².